The van der Waals surface area contributed by atoms with E-state index in [2.05, 4.69) is 52.7 Å². The molecule has 124 valence electrons. The van der Waals surface area contributed by atoms with Gasteiger partial charge >= 0.3 is 0 Å². The Morgan fingerprint density at radius 1 is 1.17 bits per heavy atom. The van der Waals surface area contributed by atoms with Gasteiger partial charge in [0.25, 0.3) is 0 Å². The summed E-state index contributed by atoms with van der Waals surface area (Å²) in [4.78, 5) is 1.25. The van der Waals surface area contributed by atoms with Crippen LogP contribution < -0.4 is 16.2 Å². The lowest BCUT2D eigenvalue weighted by atomic mass is 10.1. The van der Waals surface area contributed by atoms with Gasteiger partial charge in [0, 0.05) is 17.5 Å². The van der Waals surface area contributed by atoms with E-state index in [0.29, 0.717) is 6.10 Å². The fraction of sp³-hybridized carbons (Fsp3) is 0.444. The zero-order valence-electron chi connectivity index (χ0n) is 14.0. The van der Waals surface area contributed by atoms with E-state index in [9.17, 15) is 0 Å². The molecule has 2 atom stereocenters. The molecule has 2 unspecified atom stereocenters. The quantitative estimate of drug-likeness (QED) is 0.794. The van der Waals surface area contributed by atoms with Crippen LogP contribution in [0.1, 0.15) is 36.9 Å². The predicted molar refractivity (Wildman–Crippen MR) is 97.7 cm³/mol. The molecular formula is C18H25N3OS. The summed E-state index contributed by atoms with van der Waals surface area (Å²) >= 11 is 1.76. The topological polar surface area (TPSA) is 45.3 Å². The Kier molecular flexibility index (Phi) is 5.33. The molecule has 1 saturated heterocycles. The molecule has 0 amide bonds. The smallest absolute Gasteiger partial charge is 0.162 e. The van der Waals surface area contributed by atoms with E-state index >= 15 is 0 Å². The molecule has 23 heavy (non-hydrogen) atoms. The molecule has 2 aliphatic heterocycles. The third kappa shape index (κ3) is 3.43. The van der Waals surface area contributed by atoms with Gasteiger partial charge in [-0.05, 0) is 25.5 Å². The molecule has 4 nitrogen and oxygen atoms in total. The van der Waals surface area contributed by atoms with Gasteiger partial charge in [-0.25, -0.2) is 5.43 Å². The molecule has 2 aromatic rings. The van der Waals surface area contributed by atoms with E-state index in [4.69, 9.17) is 4.74 Å². The number of hydrogen-bond acceptors (Lipinski definition) is 5. The van der Waals surface area contributed by atoms with Crippen molar-refractivity contribution in [2.45, 2.75) is 39.5 Å². The van der Waals surface area contributed by atoms with Crippen LogP contribution in [0.5, 0.6) is 0 Å². The van der Waals surface area contributed by atoms with Crippen LogP contribution in [0.2, 0.25) is 0 Å². The maximum absolute atomic E-state index is 6.14. The van der Waals surface area contributed by atoms with Crippen molar-refractivity contribution >= 4 is 17.0 Å². The summed E-state index contributed by atoms with van der Waals surface area (Å²) in [7, 11) is 0. The number of benzene rings is 1. The number of nitrogens with one attached hydrogen (secondary N) is 3. The number of thiophene rings is 1. The number of rotatable bonds is 3. The molecule has 4 rings (SSSR count). The Balaban J connectivity index is 0.000000753. The molecule has 0 bridgehead atoms. The number of fused-ring (bicyclic) bond motifs is 1. The SMILES string of the molecule is CC.Cc1ccc(-c2csc3c2NNC3OC2CCNC2)cc1. The Labute approximate surface area is 142 Å². The molecule has 1 aromatic heterocycles. The summed E-state index contributed by atoms with van der Waals surface area (Å²) in [5.74, 6) is 0. The van der Waals surface area contributed by atoms with Crippen LogP contribution in [-0.2, 0) is 4.74 Å². The van der Waals surface area contributed by atoms with E-state index < -0.39 is 0 Å². The molecule has 1 fully saturated rings. The van der Waals surface area contributed by atoms with E-state index in [0.717, 1.165) is 19.5 Å². The normalized spacial score (nSPS) is 22.2. The molecule has 0 spiro atoms. The lowest BCUT2D eigenvalue weighted by molar-refractivity contribution is -0.0110. The van der Waals surface area contributed by atoms with Crippen molar-refractivity contribution in [1.82, 2.24) is 10.7 Å². The number of aryl methyl sites for hydroxylation is 1. The first-order chi connectivity index (χ1) is 11.3. The van der Waals surface area contributed by atoms with Crippen molar-refractivity contribution in [3.63, 3.8) is 0 Å². The van der Waals surface area contributed by atoms with Gasteiger partial charge in [-0.2, -0.15) is 0 Å². The van der Waals surface area contributed by atoms with Gasteiger partial charge in [0.05, 0.1) is 16.7 Å². The van der Waals surface area contributed by atoms with Crippen molar-refractivity contribution < 1.29 is 4.74 Å². The largest absolute Gasteiger partial charge is 0.352 e. The minimum Gasteiger partial charge on any atom is -0.352 e. The van der Waals surface area contributed by atoms with Gasteiger partial charge in [-0.15, -0.1) is 11.3 Å². The van der Waals surface area contributed by atoms with E-state index in [1.54, 1.807) is 11.3 Å². The van der Waals surface area contributed by atoms with Crippen molar-refractivity contribution in [3.05, 3.63) is 40.1 Å². The molecule has 1 aromatic carbocycles. The fourth-order valence-electron chi connectivity index (χ4n) is 2.88. The number of hydrazine groups is 1. The van der Waals surface area contributed by atoms with E-state index in [-0.39, 0.29) is 6.23 Å². The zero-order chi connectivity index (χ0) is 16.2. The van der Waals surface area contributed by atoms with Crippen LogP contribution in [0.3, 0.4) is 0 Å². The van der Waals surface area contributed by atoms with Crippen LogP contribution in [0.25, 0.3) is 11.1 Å². The zero-order valence-corrected chi connectivity index (χ0v) is 14.8. The maximum Gasteiger partial charge on any atom is 0.162 e. The monoisotopic (exact) mass is 331 g/mol. The second kappa shape index (κ2) is 7.45. The highest BCUT2D eigenvalue weighted by atomic mass is 32.1. The standard InChI is InChI=1S/C16H19N3OS.C2H6/c1-10-2-4-11(5-3-10)13-9-21-15-14(13)18-19-16(15)20-12-6-7-17-8-12;1-2/h2-5,9,12,16-19H,6-8H2,1H3;1-2H3. The van der Waals surface area contributed by atoms with Crippen molar-refractivity contribution in [1.29, 1.82) is 0 Å². The van der Waals surface area contributed by atoms with E-state index in [1.165, 1.54) is 27.3 Å². The Morgan fingerprint density at radius 3 is 2.65 bits per heavy atom. The number of ether oxygens (including phenoxy) is 1. The molecular weight excluding hydrogens is 306 g/mol. The molecule has 2 aliphatic rings. The van der Waals surface area contributed by atoms with Crippen LogP contribution in [-0.4, -0.2) is 19.2 Å². The Bertz CT molecular complexity index is 632. The first-order valence-electron chi connectivity index (χ1n) is 8.37. The summed E-state index contributed by atoms with van der Waals surface area (Å²) in [6.07, 6.45) is 1.36. The van der Waals surface area contributed by atoms with Crippen molar-refractivity contribution in [3.8, 4) is 11.1 Å². The molecule has 3 N–H and O–H groups in total. The fourth-order valence-corrected chi connectivity index (χ4v) is 3.89. The van der Waals surface area contributed by atoms with Crippen molar-refractivity contribution in [2.24, 2.45) is 0 Å². The first kappa shape index (κ1) is 16.5. The van der Waals surface area contributed by atoms with Crippen LogP contribution in [0.15, 0.2) is 29.6 Å². The molecule has 3 heterocycles. The number of hydrogen-bond donors (Lipinski definition) is 3. The van der Waals surface area contributed by atoms with Crippen LogP contribution >= 0.6 is 11.3 Å². The number of anilines is 1. The Morgan fingerprint density at radius 2 is 1.96 bits per heavy atom. The molecule has 0 saturated carbocycles. The lowest BCUT2D eigenvalue weighted by Crippen LogP contribution is -2.27. The summed E-state index contributed by atoms with van der Waals surface area (Å²) in [6.45, 7) is 8.11. The summed E-state index contributed by atoms with van der Waals surface area (Å²) in [5, 5.41) is 5.55. The summed E-state index contributed by atoms with van der Waals surface area (Å²) in [5.41, 5.74) is 11.5. The van der Waals surface area contributed by atoms with Crippen LogP contribution in [0.4, 0.5) is 5.69 Å². The molecule has 5 heteroatoms. The van der Waals surface area contributed by atoms with E-state index in [1.807, 2.05) is 13.8 Å². The van der Waals surface area contributed by atoms with Gasteiger partial charge in [0.1, 0.15) is 0 Å². The highest BCUT2D eigenvalue weighted by Gasteiger charge is 2.30. The van der Waals surface area contributed by atoms with Gasteiger partial charge in [0.15, 0.2) is 6.23 Å². The average Bonchev–Trinajstić information content (AvgIpc) is 3.30. The second-order valence-electron chi connectivity index (χ2n) is 5.65. The maximum atomic E-state index is 6.14. The first-order valence-corrected chi connectivity index (χ1v) is 9.25. The highest BCUT2D eigenvalue weighted by molar-refractivity contribution is 7.11. The van der Waals surface area contributed by atoms with Crippen molar-refractivity contribution in [2.75, 3.05) is 18.5 Å². The van der Waals surface area contributed by atoms with Gasteiger partial charge in [-0.3, -0.25) is 0 Å². The van der Waals surface area contributed by atoms with Gasteiger partial charge < -0.3 is 15.5 Å². The minimum absolute atomic E-state index is 0.0332. The van der Waals surface area contributed by atoms with Gasteiger partial charge in [0.2, 0.25) is 0 Å². The molecule has 0 aliphatic carbocycles. The lowest BCUT2D eigenvalue weighted by Gasteiger charge is -2.16. The highest BCUT2D eigenvalue weighted by Crippen LogP contribution is 2.43. The van der Waals surface area contributed by atoms with Crippen LogP contribution in [0, 0.1) is 6.92 Å². The summed E-state index contributed by atoms with van der Waals surface area (Å²) < 4.78 is 6.14. The average molecular weight is 331 g/mol. The predicted octanol–water partition coefficient (Wildman–Crippen LogP) is 4.06. The summed E-state index contributed by atoms with van der Waals surface area (Å²) in [6, 6.07) is 8.66. The Hall–Kier alpha value is -1.40. The molecule has 0 radical (unpaired) electrons. The second-order valence-corrected chi connectivity index (χ2v) is 6.57. The third-order valence-corrected chi connectivity index (χ3v) is 5.12. The third-order valence-electron chi connectivity index (χ3n) is 4.09. The van der Waals surface area contributed by atoms with Gasteiger partial charge in [-0.1, -0.05) is 43.7 Å². The minimum atomic E-state index is -0.0332.